The minimum atomic E-state index is -1.82. The molecule has 2 fully saturated rings. The number of rotatable bonds is 4. The summed E-state index contributed by atoms with van der Waals surface area (Å²) in [5.74, 6) is -3.42. The minimum absolute atomic E-state index is 0.0541. The van der Waals surface area contributed by atoms with Crippen molar-refractivity contribution in [3.05, 3.63) is 0 Å². The Morgan fingerprint density at radius 3 is 2.00 bits per heavy atom. The summed E-state index contributed by atoms with van der Waals surface area (Å²) < 4.78 is 5.32. The molecule has 2 aliphatic rings. The second-order valence-electron chi connectivity index (χ2n) is 5.85. The fourth-order valence-corrected chi connectivity index (χ4v) is 3.04. The first-order valence-electron chi connectivity index (χ1n) is 7.71. The molecule has 7 nitrogen and oxygen atoms in total. The van der Waals surface area contributed by atoms with Gasteiger partial charge in [-0.25, -0.2) is 9.59 Å². The molecule has 0 aromatic carbocycles. The number of ether oxygens (including phenoxy) is 1. The van der Waals surface area contributed by atoms with Gasteiger partial charge >= 0.3 is 17.9 Å². The maximum atomic E-state index is 11.9. The van der Waals surface area contributed by atoms with Gasteiger partial charge in [0.15, 0.2) is 0 Å². The van der Waals surface area contributed by atoms with Crippen LogP contribution in [0, 0.1) is 5.92 Å². The third-order valence-electron chi connectivity index (χ3n) is 4.36. The lowest BCUT2D eigenvalue weighted by atomic mass is 9.91. The van der Waals surface area contributed by atoms with E-state index in [0.717, 1.165) is 25.7 Å². The van der Waals surface area contributed by atoms with E-state index in [1.807, 2.05) is 0 Å². The number of carbonyl (C=O) groups is 3. The molecule has 0 aromatic heterocycles. The van der Waals surface area contributed by atoms with Crippen molar-refractivity contribution in [1.29, 1.82) is 0 Å². The van der Waals surface area contributed by atoms with Crippen LogP contribution in [0.1, 0.15) is 45.4 Å². The molecule has 2 N–H and O–H groups in total. The molecule has 0 amide bonds. The second-order valence-corrected chi connectivity index (χ2v) is 5.85. The van der Waals surface area contributed by atoms with Gasteiger partial charge in [-0.15, -0.1) is 0 Å². The molecule has 0 aliphatic carbocycles. The van der Waals surface area contributed by atoms with Gasteiger partial charge in [0.05, 0.1) is 12.5 Å². The quantitative estimate of drug-likeness (QED) is 0.458. The van der Waals surface area contributed by atoms with E-state index < -0.39 is 11.9 Å². The Bertz CT molecular complexity index is 385. The number of fused-ring (bicyclic) bond motifs is 2. The van der Waals surface area contributed by atoms with Crippen molar-refractivity contribution in [3.63, 3.8) is 0 Å². The highest BCUT2D eigenvalue weighted by atomic mass is 16.5. The van der Waals surface area contributed by atoms with Crippen molar-refractivity contribution in [2.75, 3.05) is 13.7 Å². The molecule has 0 spiro atoms. The predicted molar refractivity (Wildman–Crippen MR) is 78.4 cm³/mol. The zero-order chi connectivity index (χ0) is 16.7. The summed E-state index contributed by atoms with van der Waals surface area (Å²) in [6.07, 6.45) is 6.63. The van der Waals surface area contributed by atoms with Gasteiger partial charge in [0.2, 0.25) is 0 Å². The van der Waals surface area contributed by atoms with Crippen molar-refractivity contribution in [3.8, 4) is 0 Å². The molecule has 0 radical (unpaired) electrons. The summed E-state index contributed by atoms with van der Waals surface area (Å²) in [5.41, 5.74) is 0. The third-order valence-corrected chi connectivity index (χ3v) is 4.36. The maximum Gasteiger partial charge on any atom is 0.414 e. The minimum Gasteiger partial charge on any atom is -0.473 e. The lowest BCUT2D eigenvalue weighted by molar-refractivity contribution is -0.159. The van der Waals surface area contributed by atoms with Crippen LogP contribution in [0.4, 0.5) is 0 Å². The SMILES string of the molecule is CCCCOC(=O)C1C[C@H]2CC[C@@H](C1)N2C.O=C(O)C(=O)O. The Morgan fingerprint density at radius 1 is 1.09 bits per heavy atom. The molecule has 126 valence electrons. The van der Waals surface area contributed by atoms with Gasteiger partial charge in [0.1, 0.15) is 0 Å². The van der Waals surface area contributed by atoms with E-state index in [0.29, 0.717) is 18.7 Å². The van der Waals surface area contributed by atoms with Crippen LogP contribution in [0.3, 0.4) is 0 Å². The summed E-state index contributed by atoms with van der Waals surface area (Å²) in [4.78, 5) is 32.5. The largest absolute Gasteiger partial charge is 0.473 e. The summed E-state index contributed by atoms with van der Waals surface area (Å²) in [7, 11) is 2.20. The normalized spacial score (nSPS) is 26.7. The molecule has 7 heteroatoms. The van der Waals surface area contributed by atoms with E-state index in [1.165, 1.54) is 12.8 Å². The molecular weight excluding hydrogens is 290 g/mol. The van der Waals surface area contributed by atoms with Crippen molar-refractivity contribution in [1.82, 2.24) is 4.90 Å². The van der Waals surface area contributed by atoms with E-state index in [1.54, 1.807) is 0 Å². The number of hydrogen-bond acceptors (Lipinski definition) is 5. The number of carbonyl (C=O) groups excluding carboxylic acids is 1. The summed E-state index contributed by atoms with van der Waals surface area (Å²) in [6.45, 7) is 2.72. The number of nitrogens with zero attached hydrogens (tertiary/aromatic N) is 1. The molecule has 2 rings (SSSR count). The molecule has 2 heterocycles. The summed E-state index contributed by atoms with van der Waals surface area (Å²) in [5, 5.41) is 14.8. The van der Waals surface area contributed by atoms with Crippen LogP contribution in [0.5, 0.6) is 0 Å². The monoisotopic (exact) mass is 315 g/mol. The first-order valence-corrected chi connectivity index (χ1v) is 7.71. The fraction of sp³-hybridized carbons (Fsp3) is 0.800. The molecule has 2 aliphatic heterocycles. The van der Waals surface area contributed by atoms with Crippen LogP contribution in [-0.4, -0.2) is 58.8 Å². The van der Waals surface area contributed by atoms with Gasteiger partial charge in [0, 0.05) is 12.1 Å². The zero-order valence-electron chi connectivity index (χ0n) is 13.2. The van der Waals surface area contributed by atoms with Gasteiger partial charge < -0.3 is 19.8 Å². The van der Waals surface area contributed by atoms with Gasteiger partial charge in [-0.05, 0) is 39.2 Å². The second kappa shape index (κ2) is 8.73. The van der Waals surface area contributed by atoms with Crippen molar-refractivity contribution >= 4 is 17.9 Å². The van der Waals surface area contributed by atoms with Crippen LogP contribution in [0.15, 0.2) is 0 Å². The Morgan fingerprint density at radius 2 is 1.59 bits per heavy atom. The number of aliphatic carboxylic acids is 2. The van der Waals surface area contributed by atoms with Gasteiger partial charge in [0.25, 0.3) is 0 Å². The molecule has 1 unspecified atom stereocenters. The predicted octanol–water partition coefficient (Wildman–Crippen LogP) is 1.36. The standard InChI is InChI=1S/C13H23NO2.C2H2O4/c1-3-4-7-16-13(15)10-8-11-5-6-12(9-10)14(11)2;3-1(4)2(5)6/h10-12H,3-9H2,1-2H3;(H,3,4)(H,5,6)/t10?,11-,12+;. The lowest BCUT2D eigenvalue weighted by Gasteiger charge is -2.35. The number of piperidine rings is 1. The molecule has 0 aromatic rings. The van der Waals surface area contributed by atoms with Crippen molar-refractivity contribution < 1.29 is 29.3 Å². The summed E-state index contributed by atoms with van der Waals surface area (Å²) >= 11 is 0. The van der Waals surface area contributed by atoms with E-state index in [-0.39, 0.29) is 11.9 Å². The fourth-order valence-electron chi connectivity index (χ4n) is 3.04. The Kier molecular flexibility index (Phi) is 7.31. The van der Waals surface area contributed by atoms with Crippen LogP contribution < -0.4 is 0 Å². The van der Waals surface area contributed by atoms with E-state index >= 15 is 0 Å². The first-order chi connectivity index (χ1) is 10.4. The Labute approximate surface area is 130 Å². The number of carboxylic acids is 2. The maximum absolute atomic E-state index is 11.9. The lowest BCUT2D eigenvalue weighted by Crippen LogP contribution is -2.42. The third kappa shape index (κ3) is 5.29. The first kappa shape index (κ1) is 18.4. The number of carboxylic acid groups (broad SMARTS) is 2. The van der Waals surface area contributed by atoms with E-state index in [4.69, 9.17) is 24.5 Å². The highest BCUT2D eigenvalue weighted by Gasteiger charge is 2.41. The Balaban J connectivity index is 0.000000346. The van der Waals surface area contributed by atoms with Gasteiger partial charge in [-0.1, -0.05) is 13.3 Å². The average molecular weight is 315 g/mol. The van der Waals surface area contributed by atoms with Gasteiger partial charge in [-0.3, -0.25) is 4.79 Å². The Hall–Kier alpha value is -1.63. The van der Waals surface area contributed by atoms with Crippen LogP contribution in [0.25, 0.3) is 0 Å². The number of esters is 1. The molecule has 2 bridgehead atoms. The van der Waals surface area contributed by atoms with Gasteiger partial charge in [-0.2, -0.15) is 0 Å². The van der Waals surface area contributed by atoms with Crippen LogP contribution in [0.2, 0.25) is 0 Å². The molecule has 2 saturated heterocycles. The van der Waals surface area contributed by atoms with Crippen molar-refractivity contribution in [2.45, 2.75) is 57.5 Å². The number of unbranched alkanes of at least 4 members (excludes halogenated alkanes) is 1. The molecule has 22 heavy (non-hydrogen) atoms. The molecular formula is C15H25NO6. The van der Waals surface area contributed by atoms with E-state index in [2.05, 4.69) is 18.9 Å². The smallest absolute Gasteiger partial charge is 0.414 e. The van der Waals surface area contributed by atoms with Crippen LogP contribution >= 0.6 is 0 Å². The topological polar surface area (TPSA) is 104 Å². The average Bonchev–Trinajstić information content (AvgIpc) is 2.69. The summed E-state index contributed by atoms with van der Waals surface area (Å²) in [6, 6.07) is 1.25. The highest BCUT2D eigenvalue weighted by Crippen LogP contribution is 2.37. The van der Waals surface area contributed by atoms with Crippen LogP contribution in [-0.2, 0) is 19.1 Å². The van der Waals surface area contributed by atoms with E-state index in [9.17, 15) is 4.79 Å². The number of hydrogen-bond donors (Lipinski definition) is 2. The van der Waals surface area contributed by atoms with Crippen molar-refractivity contribution in [2.24, 2.45) is 5.92 Å². The zero-order valence-corrected chi connectivity index (χ0v) is 13.2. The highest BCUT2D eigenvalue weighted by molar-refractivity contribution is 6.27. The molecule has 0 saturated carbocycles. The molecule has 3 atom stereocenters.